The van der Waals surface area contributed by atoms with Crippen LogP contribution >= 0.6 is 0 Å². The molecule has 1 saturated heterocycles. The Balaban J connectivity index is 1.41. The molecule has 2 aromatic carbocycles. The number of hydrogen-bond acceptors (Lipinski definition) is 6. The molecule has 0 spiro atoms. The molecule has 33 heavy (non-hydrogen) atoms. The number of amides is 2. The second-order valence-electron chi connectivity index (χ2n) is 8.90. The minimum absolute atomic E-state index is 0.0255. The molecule has 3 rings (SSSR count). The fourth-order valence-corrected chi connectivity index (χ4v) is 3.38. The van der Waals surface area contributed by atoms with Gasteiger partial charge >= 0.3 is 6.09 Å². The lowest BCUT2D eigenvalue weighted by molar-refractivity contribution is -0.114. The van der Waals surface area contributed by atoms with Crippen molar-refractivity contribution < 1.29 is 19.1 Å². The Hall–Kier alpha value is -3.73. The van der Waals surface area contributed by atoms with Gasteiger partial charge in [-0.05, 0) is 63.2 Å². The van der Waals surface area contributed by atoms with Gasteiger partial charge in [-0.3, -0.25) is 4.79 Å². The average Bonchev–Trinajstić information content (AvgIpc) is 2.78. The number of nitriles is 1. The number of likely N-dealkylation sites (tertiary alicyclic amines) is 1. The van der Waals surface area contributed by atoms with Crippen molar-refractivity contribution in [2.24, 2.45) is 0 Å². The summed E-state index contributed by atoms with van der Waals surface area (Å²) in [6.45, 7) is 6.85. The number of anilines is 2. The number of piperidine rings is 1. The third kappa shape index (κ3) is 7.72. The van der Waals surface area contributed by atoms with Crippen LogP contribution in [0.2, 0.25) is 0 Å². The van der Waals surface area contributed by atoms with Crippen molar-refractivity contribution in [2.75, 3.05) is 30.3 Å². The largest absolute Gasteiger partial charge is 0.490 e. The molecule has 0 radical (unpaired) electrons. The van der Waals surface area contributed by atoms with Gasteiger partial charge in [-0.2, -0.15) is 5.26 Å². The first-order valence-corrected chi connectivity index (χ1v) is 11.0. The van der Waals surface area contributed by atoms with Crippen molar-refractivity contribution in [3.8, 4) is 11.8 Å². The van der Waals surface area contributed by atoms with Crippen molar-refractivity contribution in [1.29, 1.82) is 5.26 Å². The Morgan fingerprint density at radius 1 is 1.09 bits per heavy atom. The second-order valence-corrected chi connectivity index (χ2v) is 8.90. The molecule has 1 aliphatic rings. The van der Waals surface area contributed by atoms with Crippen LogP contribution in [-0.4, -0.2) is 48.2 Å². The first kappa shape index (κ1) is 23.9. The van der Waals surface area contributed by atoms with Crippen molar-refractivity contribution in [3.05, 3.63) is 54.1 Å². The molecule has 2 amide bonds. The highest BCUT2D eigenvalue weighted by Gasteiger charge is 2.27. The Morgan fingerprint density at radius 2 is 1.79 bits per heavy atom. The highest BCUT2D eigenvalue weighted by atomic mass is 16.6. The minimum Gasteiger partial charge on any atom is -0.490 e. The molecule has 1 fully saturated rings. The van der Waals surface area contributed by atoms with Crippen LogP contribution in [-0.2, 0) is 9.53 Å². The lowest BCUT2D eigenvalue weighted by atomic mass is 10.1. The summed E-state index contributed by atoms with van der Waals surface area (Å²) >= 11 is 0. The summed E-state index contributed by atoms with van der Waals surface area (Å²) in [6.07, 6.45) is 1.21. The molecule has 0 unspecified atom stereocenters. The zero-order valence-corrected chi connectivity index (χ0v) is 19.3. The SMILES string of the molecule is CC(C)(C)OC(=O)N1CCC(Oc2ccc(NC(=O)CNc3cccc(C#N)c3)cc2)CC1. The van der Waals surface area contributed by atoms with Gasteiger partial charge in [0.15, 0.2) is 0 Å². The van der Waals surface area contributed by atoms with Gasteiger partial charge in [0, 0.05) is 37.3 Å². The monoisotopic (exact) mass is 450 g/mol. The summed E-state index contributed by atoms with van der Waals surface area (Å²) in [5.74, 6) is 0.524. The van der Waals surface area contributed by atoms with E-state index >= 15 is 0 Å². The number of carbonyl (C=O) groups is 2. The summed E-state index contributed by atoms with van der Waals surface area (Å²) in [5.41, 5.74) is 1.41. The smallest absolute Gasteiger partial charge is 0.410 e. The van der Waals surface area contributed by atoms with E-state index < -0.39 is 5.60 Å². The lowest BCUT2D eigenvalue weighted by Gasteiger charge is -2.33. The van der Waals surface area contributed by atoms with Crippen LogP contribution in [0.3, 0.4) is 0 Å². The van der Waals surface area contributed by atoms with Crippen LogP contribution in [0, 0.1) is 11.3 Å². The molecule has 0 aromatic heterocycles. The van der Waals surface area contributed by atoms with Gasteiger partial charge in [0.1, 0.15) is 17.5 Å². The molecule has 1 heterocycles. The van der Waals surface area contributed by atoms with Crippen molar-refractivity contribution in [2.45, 2.75) is 45.3 Å². The molecule has 0 atom stereocenters. The average molecular weight is 451 g/mol. The number of nitrogens with one attached hydrogen (secondary N) is 2. The number of rotatable bonds is 6. The Morgan fingerprint density at radius 3 is 2.42 bits per heavy atom. The summed E-state index contributed by atoms with van der Waals surface area (Å²) in [5, 5.41) is 14.8. The number of hydrogen-bond donors (Lipinski definition) is 2. The maximum Gasteiger partial charge on any atom is 0.410 e. The third-order valence-corrected chi connectivity index (χ3v) is 4.98. The van der Waals surface area contributed by atoms with Gasteiger partial charge < -0.3 is 25.0 Å². The first-order valence-electron chi connectivity index (χ1n) is 11.0. The molecular formula is C25H30N4O4. The van der Waals surface area contributed by atoms with Gasteiger partial charge in [0.2, 0.25) is 5.91 Å². The number of benzene rings is 2. The predicted molar refractivity (Wildman–Crippen MR) is 126 cm³/mol. The van der Waals surface area contributed by atoms with Crippen molar-refractivity contribution in [1.82, 2.24) is 4.90 Å². The molecule has 0 saturated carbocycles. The summed E-state index contributed by atoms with van der Waals surface area (Å²) < 4.78 is 11.5. The standard InChI is InChI=1S/C25H30N4O4/c1-25(2,3)33-24(31)29-13-11-22(12-14-29)32-21-9-7-19(8-10-21)28-23(30)17-27-20-6-4-5-18(15-20)16-26/h4-10,15,22,27H,11-14,17H2,1-3H3,(H,28,30). The fraction of sp³-hybridized carbons (Fsp3) is 0.400. The van der Waals surface area contributed by atoms with Crippen LogP contribution in [0.15, 0.2) is 48.5 Å². The lowest BCUT2D eigenvalue weighted by Crippen LogP contribution is -2.44. The van der Waals surface area contributed by atoms with E-state index in [9.17, 15) is 9.59 Å². The van der Waals surface area contributed by atoms with Crippen LogP contribution < -0.4 is 15.4 Å². The van der Waals surface area contributed by atoms with Gasteiger partial charge in [-0.25, -0.2) is 4.79 Å². The van der Waals surface area contributed by atoms with Gasteiger partial charge in [-0.1, -0.05) is 6.07 Å². The van der Waals surface area contributed by atoms with Gasteiger partial charge in [0.25, 0.3) is 0 Å². The number of carbonyl (C=O) groups excluding carboxylic acids is 2. The molecule has 2 N–H and O–H groups in total. The van der Waals surface area contributed by atoms with E-state index in [4.69, 9.17) is 14.7 Å². The maximum absolute atomic E-state index is 12.2. The molecule has 0 bridgehead atoms. The second kappa shape index (κ2) is 10.7. The Kier molecular flexibility index (Phi) is 7.78. The molecule has 2 aromatic rings. The number of nitrogens with zero attached hydrogens (tertiary/aromatic N) is 2. The van der Waals surface area contributed by atoms with Gasteiger partial charge in [0.05, 0.1) is 18.2 Å². The van der Waals surface area contributed by atoms with E-state index in [-0.39, 0.29) is 24.6 Å². The first-order chi connectivity index (χ1) is 15.7. The molecule has 174 valence electrons. The topological polar surface area (TPSA) is 104 Å². The minimum atomic E-state index is -0.500. The van der Waals surface area contributed by atoms with Crippen LogP contribution in [0.1, 0.15) is 39.2 Å². The zero-order chi connectivity index (χ0) is 23.8. The number of ether oxygens (including phenoxy) is 2. The molecule has 8 nitrogen and oxygen atoms in total. The van der Waals surface area contributed by atoms with Gasteiger partial charge in [-0.15, -0.1) is 0 Å². The predicted octanol–water partition coefficient (Wildman–Crippen LogP) is 4.39. The van der Waals surface area contributed by atoms with Crippen molar-refractivity contribution in [3.63, 3.8) is 0 Å². The molecule has 8 heteroatoms. The van der Waals surface area contributed by atoms with Crippen LogP contribution in [0.4, 0.5) is 16.2 Å². The summed E-state index contributed by atoms with van der Waals surface area (Å²) in [7, 11) is 0. The van der Waals surface area contributed by atoms with E-state index in [0.717, 1.165) is 18.6 Å². The Labute approximate surface area is 194 Å². The highest BCUT2D eigenvalue weighted by Crippen LogP contribution is 2.22. The maximum atomic E-state index is 12.2. The van der Waals surface area contributed by atoms with E-state index in [0.29, 0.717) is 30.0 Å². The molecular weight excluding hydrogens is 420 g/mol. The van der Waals surface area contributed by atoms with Crippen LogP contribution in [0.25, 0.3) is 0 Å². The normalized spacial score (nSPS) is 14.2. The fourth-order valence-electron chi connectivity index (χ4n) is 3.38. The third-order valence-electron chi connectivity index (χ3n) is 4.98. The van der Waals surface area contributed by atoms with Crippen LogP contribution in [0.5, 0.6) is 5.75 Å². The highest BCUT2D eigenvalue weighted by molar-refractivity contribution is 5.93. The van der Waals surface area contributed by atoms with E-state index in [2.05, 4.69) is 16.7 Å². The molecule has 0 aliphatic carbocycles. The zero-order valence-electron chi connectivity index (χ0n) is 19.3. The summed E-state index contributed by atoms with van der Waals surface area (Å²) in [4.78, 5) is 26.1. The van der Waals surface area contributed by atoms with E-state index in [1.54, 1.807) is 41.3 Å². The quantitative estimate of drug-likeness (QED) is 0.677. The summed E-state index contributed by atoms with van der Waals surface area (Å²) in [6, 6.07) is 16.3. The Bertz CT molecular complexity index is 1000. The molecule has 1 aliphatic heterocycles. The van der Waals surface area contributed by atoms with E-state index in [1.165, 1.54) is 0 Å². The van der Waals surface area contributed by atoms with Crippen molar-refractivity contribution >= 4 is 23.4 Å². The van der Waals surface area contributed by atoms with E-state index in [1.807, 2.05) is 32.9 Å².